The van der Waals surface area contributed by atoms with Crippen LogP contribution in [0.3, 0.4) is 0 Å². The summed E-state index contributed by atoms with van der Waals surface area (Å²) in [6, 6.07) is 17.0. The lowest BCUT2D eigenvalue weighted by Crippen LogP contribution is -2.42. The van der Waals surface area contributed by atoms with Crippen LogP contribution in [0.15, 0.2) is 60.8 Å². The largest absolute Gasteiger partial charge is 0.496 e. The number of methoxy groups -OCH3 is 1. The van der Waals surface area contributed by atoms with E-state index in [0.717, 1.165) is 55.1 Å². The van der Waals surface area contributed by atoms with E-state index >= 15 is 0 Å². The molecule has 1 saturated heterocycles. The lowest BCUT2D eigenvalue weighted by Gasteiger charge is -2.27. The number of hydrogen-bond donors (Lipinski definition) is 3. The van der Waals surface area contributed by atoms with Gasteiger partial charge < -0.3 is 20.4 Å². The third kappa shape index (κ3) is 4.57. The molecule has 8 heteroatoms. The maximum atomic E-state index is 13.1. The van der Waals surface area contributed by atoms with Crippen molar-refractivity contribution in [2.75, 3.05) is 38.6 Å². The van der Waals surface area contributed by atoms with Gasteiger partial charge in [0.2, 0.25) is 0 Å². The van der Waals surface area contributed by atoms with Gasteiger partial charge in [-0.25, -0.2) is 9.97 Å². The normalized spacial score (nSPS) is 14.3. The van der Waals surface area contributed by atoms with Gasteiger partial charge in [-0.2, -0.15) is 0 Å². The fourth-order valence-corrected chi connectivity index (χ4v) is 4.09. The van der Waals surface area contributed by atoms with E-state index in [1.807, 2.05) is 48.5 Å². The van der Waals surface area contributed by atoms with Crippen molar-refractivity contribution in [2.45, 2.75) is 6.54 Å². The smallest absolute Gasteiger partial charge is 0.255 e. The predicted octanol–water partition coefficient (Wildman–Crippen LogP) is 3.29. The predicted molar refractivity (Wildman–Crippen MR) is 128 cm³/mol. The third-order valence-electron chi connectivity index (χ3n) is 5.84. The van der Waals surface area contributed by atoms with Gasteiger partial charge in [0.1, 0.15) is 11.6 Å². The number of benzene rings is 2. The van der Waals surface area contributed by atoms with Gasteiger partial charge in [0.05, 0.1) is 18.3 Å². The van der Waals surface area contributed by atoms with E-state index in [4.69, 9.17) is 4.74 Å². The fraction of sp³-hybridized carbons (Fsp3) is 0.240. The van der Waals surface area contributed by atoms with Gasteiger partial charge >= 0.3 is 0 Å². The Kier molecular flexibility index (Phi) is 6.01. The maximum Gasteiger partial charge on any atom is 0.255 e. The van der Waals surface area contributed by atoms with Crippen molar-refractivity contribution in [3.63, 3.8) is 0 Å². The number of nitrogens with zero attached hydrogens (tertiary/aromatic N) is 3. The molecule has 0 atom stereocenters. The second-order valence-corrected chi connectivity index (χ2v) is 8.01. The molecule has 2 aromatic carbocycles. The van der Waals surface area contributed by atoms with Crippen LogP contribution in [-0.4, -0.2) is 59.0 Å². The summed E-state index contributed by atoms with van der Waals surface area (Å²) in [6.45, 7) is 4.78. The monoisotopic (exact) mass is 442 g/mol. The van der Waals surface area contributed by atoms with Crippen LogP contribution in [0.25, 0.3) is 22.6 Å². The zero-order valence-electron chi connectivity index (χ0n) is 18.5. The second kappa shape index (κ2) is 9.40. The number of aromatic nitrogens is 3. The number of carbonyl (C=O) groups is 1. The van der Waals surface area contributed by atoms with Crippen molar-refractivity contribution in [1.29, 1.82) is 0 Å². The van der Waals surface area contributed by atoms with Gasteiger partial charge in [0, 0.05) is 55.6 Å². The Bertz CT molecular complexity index is 1250. The van der Waals surface area contributed by atoms with Crippen LogP contribution >= 0.6 is 0 Å². The van der Waals surface area contributed by atoms with Gasteiger partial charge in [0.15, 0.2) is 5.65 Å². The quantitative estimate of drug-likeness (QED) is 0.424. The number of aromatic amines is 1. The number of nitrogens with one attached hydrogen (secondary N) is 3. The molecule has 0 radical (unpaired) electrons. The first-order chi connectivity index (χ1) is 16.2. The number of piperazine rings is 1. The van der Waals surface area contributed by atoms with Crippen molar-refractivity contribution in [2.24, 2.45) is 0 Å². The molecular weight excluding hydrogens is 416 g/mol. The Morgan fingerprint density at radius 1 is 1.12 bits per heavy atom. The molecule has 33 heavy (non-hydrogen) atoms. The Morgan fingerprint density at radius 3 is 2.79 bits per heavy atom. The van der Waals surface area contributed by atoms with E-state index in [0.29, 0.717) is 22.7 Å². The van der Waals surface area contributed by atoms with E-state index in [1.54, 1.807) is 19.4 Å². The number of pyridine rings is 1. The summed E-state index contributed by atoms with van der Waals surface area (Å²) in [6.07, 6.45) is 1.71. The molecule has 5 rings (SSSR count). The Balaban J connectivity index is 1.37. The minimum Gasteiger partial charge on any atom is -0.496 e. The Labute approximate surface area is 192 Å². The lowest BCUT2D eigenvalue weighted by molar-refractivity contribution is 0.102. The fourth-order valence-electron chi connectivity index (χ4n) is 4.09. The Hall–Kier alpha value is -3.75. The summed E-state index contributed by atoms with van der Waals surface area (Å²) in [5, 5.41) is 6.39. The van der Waals surface area contributed by atoms with Crippen molar-refractivity contribution < 1.29 is 9.53 Å². The number of amides is 1. The van der Waals surface area contributed by atoms with Crippen molar-refractivity contribution in [3.8, 4) is 17.1 Å². The van der Waals surface area contributed by atoms with Crippen molar-refractivity contribution in [1.82, 2.24) is 25.2 Å². The highest BCUT2D eigenvalue weighted by molar-refractivity contribution is 6.06. The summed E-state index contributed by atoms with van der Waals surface area (Å²) in [5.74, 6) is 1.17. The number of anilines is 1. The van der Waals surface area contributed by atoms with Crippen molar-refractivity contribution >= 4 is 22.8 Å². The van der Waals surface area contributed by atoms with Crippen LogP contribution in [0.4, 0.5) is 5.69 Å². The lowest BCUT2D eigenvalue weighted by atomic mass is 10.1. The molecule has 0 unspecified atom stereocenters. The van der Waals surface area contributed by atoms with Gasteiger partial charge in [-0.15, -0.1) is 0 Å². The van der Waals surface area contributed by atoms with E-state index < -0.39 is 0 Å². The number of carbonyl (C=O) groups excluding carboxylic acids is 1. The number of ether oxygens (including phenoxy) is 1. The summed E-state index contributed by atoms with van der Waals surface area (Å²) >= 11 is 0. The first-order valence-electron chi connectivity index (χ1n) is 11.0. The van der Waals surface area contributed by atoms with Gasteiger partial charge in [-0.3, -0.25) is 9.69 Å². The molecule has 0 saturated carbocycles. The minimum atomic E-state index is -0.205. The third-order valence-corrected chi connectivity index (χ3v) is 5.84. The summed E-state index contributed by atoms with van der Waals surface area (Å²) in [5.41, 5.74) is 4.57. The number of H-pyrrole nitrogens is 1. The highest BCUT2D eigenvalue weighted by Crippen LogP contribution is 2.28. The molecule has 4 aromatic rings. The molecule has 0 aliphatic carbocycles. The average Bonchev–Trinajstić information content (AvgIpc) is 3.29. The summed E-state index contributed by atoms with van der Waals surface area (Å²) in [4.78, 5) is 27.6. The van der Waals surface area contributed by atoms with Gasteiger partial charge in [-0.05, 0) is 36.4 Å². The molecule has 3 N–H and O–H groups in total. The summed E-state index contributed by atoms with van der Waals surface area (Å²) < 4.78 is 5.61. The molecule has 168 valence electrons. The number of fused-ring (bicyclic) bond motifs is 1. The topological polar surface area (TPSA) is 95.2 Å². The van der Waals surface area contributed by atoms with Crippen LogP contribution in [0, 0.1) is 0 Å². The van der Waals surface area contributed by atoms with E-state index in [-0.39, 0.29) is 5.91 Å². The molecule has 8 nitrogen and oxygen atoms in total. The number of imidazole rings is 1. The standard InChI is InChI=1S/C25H26N6O2/c1-33-22-15-17(8-9-18(22)16-31-13-11-26-12-14-31)25(32)29-20-6-3-2-5-19(20)23-28-21-7-4-10-27-24(21)30-23/h2-10,15,26H,11-14,16H2,1H3,(H,29,32)(H,27,28,30). The molecular formula is C25H26N6O2. The number of rotatable bonds is 6. The molecule has 1 amide bonds. The highest BCUT2D eigenvalue weighted by Gasteiger charge is 2.17. The molecule has 1 aliphatic heterocycles. The minimum absolute atomic E-state index is 0.205. The Morgan fingerprint density at radius 2 is 1.97 bits per heavy atom. The van der Waals surface area contributed by atoms with Crippen molar-refractivity contribution in [3.05, 3.63) is 71.9 Å². The molecule has 1 aliphatic rings. The van der Waals surface area contributed by atoms with E-state index in [2.05, 4.69) is 30.5 Å². The first kappa shape index (κ1) is 21.1. The molecule has 0 bridgehead atoms. The maximum absolute atomic E-state index is 13.1. The highest BCUT2D eigenvalue weighted by atomic mass is 16.5. The first-order valence-corrected chi connectivity index (χ1v) is 11.0. The van der Waals surface area contributed by atoms with Gasteiger partial charge in [0.25, 0.3) is 5.91 Å². The van der Waals surface area contributed by atoms with E-state index in [1.165, 1.54) is 0 Å². The van der Waals surface area contributed by atoms with Crippen LogP contribution in [-0.2, 0) is 6.54 Å². The van der Waals surface area contributed by atoms with Gasteiger partial charge in [-0.1, -0.05) is 18.2 Å². The average molecular weight is 443 g/mol. The van der Waals surface area contributed by atoms with Crippen LogP contribution in [0.1, 0.15) is 15.9 Å². The zero-order chi connectivity index (χ0) is 22.6. The molecule has 0 spiro atoms. The molecule has 1 fully saturated rings. The molecule has 2 aromatic heterocycles. The zero-order valence-corrected chi connectivity index (χ0v) is 18.5. The summed E-state index contributed by atoms with van der Waals surface area (Å²) in [7, 11) is 1.64. The van der Waals surface area contributed by atoms with E-state index in [9.17, 15) is 4.79 Å². The molecule has 3 heterocycles. The second-order valence-electron chi connectivity index (χ2n) is 8.01. The van der Waals surface area contributed by atoms with Crippen LogP contribution in [0.2, 0.25) is 0 Å². The SMILES string of the molecule is COc1cc(C(=O)Nc2ccccc2-c2nc3ncccc3[nH]2)ccc1CN1CCNCC1. The van der Waals surface area contributed by atoms with Crippen LogP contribution < -0.4 is 15.4 Å². The van der Waals surface area contributed by atoms with Crippen LogP contribution in [0.5, 0.6) is 5.75 Å². The number of hydrogen-bond acceptors (Lipinski definition) is 6. The number of para-hydroxylation sites is 1.